The van der Waals surface area contributed by atoms with E-state index in [0.717, 1.165) is 35.9 Å². The van der Waals surface area contributed by atoms with Crippen LogP contribution in [0.2, 0.25) is 0 Å². The molecule has 1 amide bonds. The van der Waals surface area contributed by atoms with Gasteiger partial charge in [0.25, 0.3) is 5.91 Å². The first-order valence-corrected chi connectivity index (χ1v) is 7.66. The Bertz CT molecular complexity index is 631. The smallest absolute Gasteiger partial charge is 0.251 e. The molecule has 0 bridgehead atoms. The molecule has 0 aliphatic heterocycles. The molecule has 1 fully saturated rings. The highest BCUT2D eigenvalue weighted by Crippen LogP contribution is 2.25. The van der Waals surface area contributed by atoms with Gasteiger partial charge in [-0.25, -0.2) is 4.98 Å². The Kier molecular flexibility index (Phi) is 3.58. The van der Waals surface area contributed by atoms with Gasteiger partial charge in [0.2, 0.25) is 0 Å². The molecule has 0 spiro atoms. The molecule has 1 aliphatic rings. The van der Waals surface area contributed by atoms with E-state index in [-0.39, 0.29) is 11.9 Å². The van der Waals surface area contributed by atoms with E-state index in [1.165, 1.54) is 11.3 Å². The van der Waals surface area contributed by atoms with E-state index in [4.69, 9.17) is 11.5 Å². The summed E-state index contributed by atoms with van der Waals surface area (Å²) in [5.74, 6) is -0.0284. The molecule has 0 radical (unpaired) electrons. The molecular formula is C14H18N4OS. The second-order valence-corrected chi connectivity index (χ2v) is 6.38. The molecule has 0 atom stereocenters. The summed E-state index contributed by atoms with van der Waals surface area (Å²) < 4.78 is 0.945. The number of anilines is 1. The predicted octanol–water partition coefficient (Wildman–Crippen LogP) is 1.88. The summed E-state index contributed by atoms with van der Waals surface area (Å²) in [5, 5.41) is 3.61. The molecule has 1 aliphatic carbocycles. The molecule has 20 heavy (non-hydrogen) atoms. The van der Waals surface area contributed by atoms with E-state index >= 15 is 0 Å². The first-order chi connectivity index (χ1) is 9.61. The fourth-order valence-electron chi connectivity index (χ4n) is 2.62. The molecule has 1 heterocycles. The molecular weight excluding hydrogens is 272 g/mol. The average Bonchev–Trinajstić information content (AvgIpc) is 2.80. The molecule has 1 saturated carbocycles. The lowest BCUT2D eigenvalue weighted by Crippen LogP contribution is -2.40. The number of nitrogen functional groups attached to an aromatic ring is 1. The maximum atomic E-state index is 12.3. The lowest BCUT2D eigenvalue weighted by atomic mass is 9.91. The van der Waals surface area contributed by atoms with Crippen molar-refractivity contribution in [1.82, 2.24) is 10.3 Å². The Labute approximate surface area is 121 Å². The second kappa shape index (κ2) is 5.38. The number of hydrogen-bond acceptors (Lipinski definition) is 5. The number of thiazole rings is 1. The van der Waals surface area contributed by atoms with Gasteiger partial charge in [-0.1, -0.05) is 11.3 Å². The van der Waals surface area contributed by atoms with Crippen molar-refractivity contribution < 1.29 is 4.79 Å². The van der Waals surface area contributed by atoms with Gasteiger partial charge in [0.15, 0.2) is 5.13 Å². The van der Waals surface area contributed by atoms with Gasteiger partial charge in [-0.05, 0) is 43.9 Å². The van der Waals surface area contributed by atoms with E-state index in [1.807, 2.05) is 12.1 Å². The Morgan fingerprint density at radius 1 is 1.30 bits per heavy atom. The molecule has 1 aromatic heterocycles. The van der Waals surface area contributed by atoms with Gasteiger partial charge in [0, 0.05) is 17.6 Å². The predicted molar refractivity (Wildman–Crippen MR) is 81.7 cm³/mol. The van der Waals surface area contributed by atoms with Crippen LogP contribution in [-0.2, 0) is 0 Å². The maximum absolute atomic E-state index is 12.3. The minimum atomic E-state index is -0.0284. The van der Waals surface area contributed by atoms with Crippen LogP contribution in [0.4, 0.5) is 5.13 Å². The first kappa shape index (κ1) is 13.3. The molecule has 0 unspecified atom stereocenters. The van der Waals surface area contributed by atoms with Crippen LogP contribution in [0.1, 0.15) is 36.0 Å². The highest BCUT2D eigenvalue weighted by molar-refractivity contribution is 7.22. The van der Waals surface area contributed by atoms with Gasteiger partial charge in [0.1, 0.15) is 0 Å². The van der Waals surface area contributed by atoms with E-state index in [1.54, 1.807) is 6.07 Å². The number of carbonyl (C=O) groups excluding carboxylic acids is 1. The Morgan fingerprint density at radius 3 is 2.80 bits per heavy atom. The lowest BCUT2D eigenvalue weighted by molar-refractivity contribution is 0.0926. The molecule has 6 heteroatoms. The summed E-state index contributed by atoms with van der Waals surface area (Å²) in [6, 6.07) is 6.02. The van der Waals surface area contributed by atoms with Crippen molar-refractivity contribution in [3.8, 4) is 0 Å². The lowest BCUT2D eigenvalue weighted by Gasteiger charge is -2.26. The van der Waals surface area contributed by atoms with Gasteiger partial charge in [-0.2, -0.15) is 0 Å². The Morgan fingerprint density at radius 2 is 2.05 bits per heavy atom. The topological polar surface area (TPSA) is 94.0 Å². The number of amides is 1. The number of hydrogen-bond donors (Lipinski definition) is 3. The molecule has 3 rings (SSSR count). The number of fused-ring (bicyclic) bond motifs is 1. The summed E-state index contributed by atoms with van der Waals surface area (Å²) in [6.45, 7) is 0. The van der Waals surface area contributed by atoms with Crippen LogP contribution in [0.15, 0.2) is 18.2 Å². The van der Waals surface area contributed by atoms with Crippen molar-refractivity contribution in [2.24, 2.45) is 5.73 Å². The standard InChI is InChI=1S/C14H18N4OS/c15-9-2-4-10(5-3-9)17-13(19)8-1-6-11-12(7-8)20-14(16)18-11/h1,6-7,9-10H,2-5,15H2,(H2,16,18)(H,17,19). The molecule has 0 saturated heterocycles. The van der Waals surface area contributed by atoms with E-state index < -0.39 is 0 Å². The average molecular weight is 290 g/mol. The quantitative estimate of drug-likeness (QED) is 0.787. The largest absolute Gasteiger partial charge is 0.375 e. The molecule has 2 aromatic rings. The zero-order valence-corrected chi connectivity index (χ0v) is 12.0. The van der Waals surface area contributed by atoms with Crippen LogP contribution in [0.3, 0.4) is 0 Å². The van der Waals surface area contributed by atoms with Crippen molar-refractivity contribution in [3.63, 3.8) is 0 Å². The molecule has 1 aromatic carbocycles. The van der Waals surface area contributed by atoms with Crippen molar-refractivity contribution in [2.75, 3.05) is 5.73 Å². The molecule has 5 nitrogen and oxygen atoms in total. The maximum Gasteiger partial charge on any atom is 0.251 e. The van der Waals surface area contributed by atoms with Crippen LogP contribution in [0.5, 0.6) is 0 Å². The zero-order chi connectivity index (χ0) is 14.1. The Hall–Kier alpha value is -1.66. The van der Waals surface area contributed by atoms with Gasteiger partial charge < -0.3 is 16.8 Å². The third-order valence-corrected chi connectivity index (χ3v) is 4.62. The van der Waals surface area contributed by atoms with Gasteiger partial charge in [-0.3, -0.25) is 4.79 Å². The summed E-state index contributed by atoms with van der Waals surface area (Å²) in [7, 11) is 0. The van der Waals surface area contributed by atoms with Crippen LogP contribution < -0.4 is 16.8 Å². The van der Waals surface area contributed by atoms with Crippen molar-refractivity contribution in [3.05, 3.63) is 23.8 Å². The summed E-state index contributed by atoms with van der Waals surface area (Å²) in [5.41, 5.74) is 13.1. The number of rotatable bonds is 2. The van der Waals surface area contributed by atoms with Crippen LogP contribution >= 0.6 is 11.3 Å². The van der Waals surface area contributed by atoms with Crippen LogP contribution in [0, 0.1) is 0 Å². The second-order valence-electron chi connectivity index (χ2n) is 5.32. The molecule has 5 N–H and O–H groups in total. The number of nitrogens with two attached hydrogens (primary N) is 2. The number of nitrogens with one attached hydrogen (secondary N) is 1. The monoisotopic (exact) mass is 290 g/mol. The minimum Gasteiger partial charge on any atom is -0.375 e. The number of benzene rings is 1. The summed E-state index contributed by atoms with van der Waals surface area (Å²) in [6.07, 6.45) is 3.88. The fraction of sp³-hybridized carbons (Fsp3) is 0.429. The third-order valence-electron chi connectivity index (χ3n) is 3.77. The summed E-state index contributed by atoms with van der Waals surface area (Å²) >= 11 is 1.40. The third kappa shape index (κ3) is 2.76. The van der Waals surface area contributed by atoms with E-state index in [0.29, 0.717) is 16.7 Å². The number of carbonyl (C=O) groups is 1. The SMILES string of the molecule is Nc1nc2ccc(C(=O)NC3CCC(N)CC3)cc2s1. The minimum absolute atomic E-state index is 0.0284. The van der Waals surface area contributed by atoms with Gasteiger partial charge >= 0.3 is 0 Å². The number of nitrogens with zero attached hydrogens (tertiary/aromatic N) is 1. The van der Waals surface area contributed by atoms with Crippen LogP contribution in [-0.4, -0.2) is 23.0 Å². The highest BCUT2D eigenvalue weighted by atomic mass is 32.1. The van der Waals surface area contributed by atoms with Crippen molar-refractivity contribution in [2.45, 2.75) is 37.8 Å². The Balaban J connectivity index is 1.71. The van der Waals surface area contributed by atoms with Gasteiger partial charge in [-0.15, -0.1) is 0 Å². The summed E-state index contributed by atoms with van der Waals surface area (Å²) in [4.78, 5) is 16.4. The zero-order valence-electron chi connectivity index (χ0n) is 11.1. The highest BCUT2D eigenvalue weighted by Gasteiger charge is 2.20. The number of aromatic nitrogens is 1. The first-order valence-electron chi connectivity index (χ1n) is 6.84. The fourth-order valence-corrected chi connectivity index (χ4v) is 3.39. The van der Waals surface area contributed by atoms with Crippen molar-refractivity contribution >= 4 is 32.6 Å². The van der Waals surface area contributed by atoms with Crippen LogP contribution in [0.25, 0.3) is 10.2 Å². The van der Waals surface area contributed by atoms with Crippen molar-refractivity contribution in [1.29, 1.82) is 0 Å². The molecule has 106 valence electrons. The van der Waals surface area contributed by atoms with E-state index in [2.05, 4.69) is 10.3 Å². The van der Waals surface area contributed by atoms with Gasteiger partial charge in [0.05, 0.1) is 10.2 Å². The normalized spacial score (nSPS) is 22.9. The van der Waals surface area contributed by atoms with E-state index in [9.17, 15) is 4.79 Å².